The van der Waals surface area contributed by atoms with Crippen LogP contribution in [0.3, 0.4) is 0 Å². The lowest BCUT2D eigenvalue weighted by Crippen LogP contribution is -2.35. The van der Waals surface area contributed by atoms with Gasteiger partial charge in [0, 0.05) is 5.70 Å². The van der Waals surface area contributed by atoms with Gasteiger partial charge in [-0.2, -0.15) is 5.26 Å². The highest BCUT2D eigenvalue weighted by Crippen LogP contribution is 2.29. The molecule has 3 rings (SSSR count). The molecule has 1 saturated heterocycles. The van der Waals surface area contributed by atoms with Crippen molar-refractivity contribution in [3.63, 3.8) is 0 Å². The summed E-state index contributed by atoms with van der Waals surface area (Å²) in [5.41, 5.74) is 2.29. The maximum Gasteiger partial charge on any atom is 0.319 e. The van der Waals surface area contributed by atoms with Gasteiger partial charge in [0.25, 0.3) is 0 Å². The van der Waals surface area contributed by atoms with Gasteiger partial charge in [0.15, 0.2) is 0 Å². The molecule has 5 heteroatoms. The van der Waals surface area contributed by atoms with Gasteiger partial charge in [0.05, 0.1) is 23.3 Å². The molecule has 1 aliphatic carbocycles. The second-order valence-electron chi connectivity index (χ2n) is 7.37. The van der Waals surface area contributed by atoms with Crippen LogP contribution in [0.15, 0.2) is 30.5 Å². The lowest BCUT2D eigenvalue weighted by molar-refractivity contribution is 0.120. The Kier molecular flexibility index (Phi) is 5.73. The van der Waals surface area contributed by atoms with Gasteiger partial charge in [-0.3, -0.25) is 0 Å². The van der Waals surface area contributed by atoms with Crippen LogP contribution in [0.2, 0.25) is 0 Å². The lowest BCUT2D eigenvalue weighted by atomic mass is 9.95. The molecular formula is C20H27N3O2. The Bertz CT molecular complexity index is 697. The normalized spacial score (nSPS) is 18.4. The molecule has 0 bridgehead atoms. The second-order valence-corrected chi connectivity index (χ2v) is 7.37. The van der Waals surface area contributed by atoms with Crippen molar-refractivity contribution in [2.45, 2.75) is 64.5 Å². The standard InChI is InChI=1S/C14H17NO.C6H10N2O/c1-10(2)14-8-13(7-6-11(14)9-15)16-12-4-3-5-12;1-4-6(2,3)8-5(9)7-4/h6-8,10,12H,3-5H2,1-2H3;1H2,2-3H3,(H2,7,8,9). The molecule has 0 aromatic heterocycles. The maximum absolute atomic E-state index is 10.6. The van der Waals surface area contributed by atoms with Crippen LogP contribution in [0.5, 0.6) is 5.75 Å². The molecule has 2 amide bonds. The number of carbonyl (C=O) groups excluding carboxylic acids is 1. The van der Waals surface area contributed by atoms with Crippen LogP contribution < -0.4 is 15.4 Å². The minimum atomic E-state index is -0.281. The number of urea groups is 1. The third-order valence-corrected chi connectivity index (χ3v) is 4.57. The van der Waals surface area contributed by atoms with E-state index < -0.39 is 0 Å². The summed E-state index contributed by atoms with van der Waals surface area (Å²) in [6.07, 6.45) is 4.00. The molecule has 25 heavy (non-hydrogen) atoms. The first-order valence-corrected chi connectivity index (χ1v) is 8.72. The Balaban J connectivity index is 0.000000212. The fraction of sp³-hybridized carbons (Fsp3) is 0.500. The number of carbonyl (C=O) groups is 1. The predicted octanol–water partition coefficient (Wildman–Crippen LogP) is 4.20. The number of amides is 2. The Labute approximate surface area is 150 Å². The zero-order chi connectivity index (χ0) is 18.6. The van der Waals surface area contributed by atoms with Gasteiger partial charge in [0.2, 0.25) is 0 Å². The van der Waals surface area contributed by atoms with Gasteiger partial charge in [-0.05, 0) is 62.8 Å². The van der Waals surface area contributed by atoms with Gasteiger partial charge in [-0.1, -0.05) is 20.4 Å². The third-order valence-electron chi connectivity index (χ3n) is 4.57. The Morgan fingerprint density at radius 3 is 2.40 bits per heavy atom. The Morgan fingerprint density at radius 1 is 1.36 bits per heavy atom. The van der Waals surface area contributed by atoms with Crippen LogP contribution in [0.4, 0.5) is 4.79 Å². The molecule has 134 valence electrons. The van der Waals surface area contributed by atoms with Gasteiger partial charge < -0.3 is 15.4 Å². The molecule has 1 heterocycles. The molecule has 2 N–H and O–H groups in total. The number of nitriles is 1. The van der Waals surface area contributed by atoms with Gasteiger partial charge in [-0.15, -0.1) is 0 Å². The zero-order valence-electron chi connectivity index (χ0n) is 15.5. The Morgan fingerprint density at radius 2 is 2.04 bits per heavy atom. The molecule has 1 saturated carbocycles. The minimum Gasteiger partial charge on any atom is -0.490 e. The average molecular weight is 341 g/mol. The van der Waals surface area contributed by atoms with Crippen LogP contribution in [0, 0.1) is 11.3 Å². The molecule has 0 spiro atoms. The van der Waals surface area contributed by atoms with E-state index in [9.17, 15) is 4.79 Å². The summed E-state index contributed by atoms with van der Waals surface area (Å²) in [4.78, 5) is 10.6. The summed E-state index contributed by atoms with van der Waals surface area (Å²) in [6, 6.07) is 7.85. The molecule has 2 aliphatic rings. The summed E-state index contributed by atoms with van der Waals surface area (Å²) in [5, 5.41) is 14.3. The number of hydrogen-bond acceptors (Lipinski definition) is 3. The predicted molar refractivity (Wildman–Crippen MR) is 98.4 cm³/mol. The van der Waals surface area contributed by atoms with Crippen molar-refractivity contribution < 1.29 is 9.53 Å². The van der Waals surface area contributed by atoms with Crippen molar-refractivity contribution in [3.8, 4) is 11.8 Å². The van der Waals surface area contributed by atoms with Crippen molar-refractivity contribution in [2.24, 2.45) is 0 Å². The first-order chi connectivity index (χ1) is 11.7. The molecule has 0 radical (unpaired) electrons. The van der Waals surface area contributed by atoms with E-state index in [0.717, 1.165) is 35.4 Å². The lowest BCUT2D eigenvalue weighted by Gasteiger charge is -2.26. The number of rotatable bonds is 3. The monoisotopic (exact) mass is 341 g/mol. The van der Waals surface area contributed by atoms with E-state index in [1.165, 1.54) is 6.42 Å². The van der Waals surface area contributed by atoms with E-state index in [0.29, 0.717) is 12.0 Å². The van der Waals surface area contributed by atoms with Crippen LogP contribution in [0.1, 0.15) is 64.0 Å². The fourth-order valence-electron chi connectivity index (χ4n) is 2.56. The average Bonchev–Trinajstić information content (AvgIpc) is 2.74. The highest BCUT2D eigenvalue weighted by atomic mass is 16.5. The highest BCUT2D eigenvalue weighted by molar-refractivity contribution is 5.81. The first kappa shape index (κ1) is 18.9. The van der Waals surface area contributed by atoms with E-state index >= 15 is 0 Å². The topological polar surface area (TPSA) is 74.2 Å². The molecule has 5 nitrogen and oxygen atoms in total. The van der Waals surface area contributed by atoms with E-state index in [4.69, 9.17) is 10.00 Å². The first-order valence-electron chi connectivity index (χ1n) is 8.72. The molecule has 2 fully saturated rings. The van der Waals surface area contributed by atoms with Crippen molar-refractivity contribution in [2.75, 3.05) is 0 Å². The van der Waals surface area contributed by atoms with Crippen LogP contribution in [0.25, 0.3) is 0 Å². The quantitative estimate of drug-likeness (QED) is 0.865. The summed E-state index contributed by atoms with van der Waals surface area (Å²) < 4.78 is 5.83. The maximum atomic E-state index is 10.6. The summed E-state index contributed by atoms with van der Waals surface area (Å²) >= 11 is 0. The Hall–Kier alpha value is -2.48. The van der Waals surface area contributed by atoms with Gasteiger partial charge in [0.1, 0.15) is 5.75 Å². The van der Waals surface area contributed by atoms with E-state index in [-0.39, 0.29) is 11.6 Å². The number of nitrogens with zero attached hydrogens (tertiary/aromatic N) is 1. The van der Waals surface area contributed by atoms with Crippen molar-refractivity contribution in [1.82, 2.24) is 10.6 Å². The smallest absolute Gasteiger partial charge is 0.319 e. The molecular weight excluding hydrogens is 314 g/mol. The molecule has 0 unspecified atom stereocenters. The van der Waals surface area contributed by atoms with Crippen molar-refractivity contribution >= 4 is 6.03 Å². The highest BCUT2D eigenvalue weighted by Gasteiger charge is 2.31. The number of nitrogens with one attached hydrogen (secondary N) is 2. The molecule has 0 atom stereocenters. The number of benzene rings is 1. The molecule has 1 aliphatic heterocycles. The van der Waals surface area contributed by atoms with E-state index in [1.54, 1.807) is 0 Å². The van der Waals surface area contributed by atoms with Crippen LogP contribution >= 0.6 is 0 Å². The largest absolute Gasteiger partial charge is 0.490 e. The zero-order valence-corrected chi connectivity index (χ0v) is 15.5. The van der Waals surface area contributed by atoms with Gasteiger partial charge >= 0.3 is 6.03 Å². The summed E-state index contributed by atoms with van der Waals surface area (Å²) in [6.45, 7) is 11.7. The second kappa shape index (κ2) is 7.60. The molecule has 1 aromatic rings. The van der Waals surface area contributed by atoms with Crippen molar-refractivity contribution in [3.05, 3.63) is 41.6 Å². The third kappa shape index (κ3) is 4.76. The van der Waals surface area contributed by atoms with Crippen LogP contribution in [-0.4, -0.2) is 17.7 Å². The fourth-order valence-corrected chi connectivity index (χ4v) is 2.56. The van der Waals surface area contributed by atoms with Crippen molar-refractivity contribution in [1.29, 1.82) is 5.26 Å². The number of hydrogen-bond donors (Lipinski definition) is 2. The SMILES string of the molecule is C=C1NC(=O)NC1(C)C.CC(C)c1cc(OC2CCC2)ccc1C#N. The minimum absolute atomic E-state index is 0.162. The van der Waals surface area contributed by atoms with E-state index in [1.807, 2.05) is 32.0 Å². The van der Waals surface area contributed by atoms with E-state index in [2.05, 4.69) is 37.1 Å². The van der Waals surface area contributed by atoms with Crippen LogP contribution in [-0.2, 0) is 0 Å². The number of ether oxygens (including phenoxy) is 1. The summed E-state index contributed by atoms with van der Waals surface area (Å²) in [5.74, 6) is 1.27. The van der Waals surface area contributed by atoms with Gasteiger partial charge in [-0.25, -0.2) is 4.79 Å². The summed E-state index contributed by atoms with van der Waals surface area (Å²) in [7, 11) is 0. The molecule has 1 aromatic carbocycles.